The molecule has 2 aliphatic heterocycles. The summed E-state index contributed by atoms with van der Waals surface area (Å²) in [5, 5.41) is 35.8. The van der Waals surface area contributed by atoms with Crippen LogP contribution >= 0.6 is 11.3 Å². The van der Waals surface area contributed by atoms with Crippen LogP contribution in [0.5, 0.6) is 5.75 Å². The third-order valence-corrected chi connectivity index (χ3v) is 13.1. The molecule has 3 aromatic carbocycles. The van der Waals surface area contributed by atoms with Crippen molar-refractivity contribution in [1.29, 1.82) is 0 Å². The van der Waals surface area contributed by atoms with Gasteiger partial charge in [0.15, 0.2) is 5.76 Å². The average molecular weight is 935 g/mol. The molecular formula is C48H58N10O8S. The summed E-state index contributed by atoms with van der Waals surface area (Å²) in [6, 6.07) is 19.7. The lowest BCUT2D eigenvalue weighted by Crippen LogP contribution is -2.57. The highest BCUT2D eigenvalue weighted by Gasteiger charge is 2.44. The van der Waals surface area contributed by atoms with Gasteiger partial charge in [0, 0.05) is 56.7 Å². The number of likely N-dealkylation sites (tertiary alicyclic amines) is 2. The number of aromatic amines is 1. The molecule has 67 heavy (non-hydrogen) atoms. The van der Waals surface area contributed by atoms with Crippen molar-refractivity contribution < 1.29 is 38.2 Å². The van der Waals surface area contributed by atoms with Crippen LogP contribution in [-0.4, -0.2) is 140 Å². The molecule has 19 heteroatoms. The van der Waals surface area contributed by atoms with Gasteiger partial charge in [0.05, 0.1) is 54.0 Å². The maximum atomic E-state index is 14.0. The van der Waals surface area contributed by atoms with Gasteiger partial charge in [0.25, 0.3) is 0 Å². The summed E-state index contributed by atoms with van der Waals surface area (Å²) in [6.45, 7) is 11.8. The summed E-state index contributed by atoms with van der Waals surface area (Å²) in [5.74, 6) is 0.806. The number of amides is 3. The number of thiazole rings is 1. The standard InChI is InChI=1S/C48H58N10O8S/c1-30-43(67-29-50-30)32-10-8-31(9-11-32)27-49-46(61)40-26-35(59)28-58(40)47(62)44(48(2,3)4)51-41(60)16-20-63-22-23-64-21-19-57-17-14-36(15-18-57)65-37-7-5-6-33(24-37)42-38-25-34(45-52-55-56-53-45)12-13-39(38)54-66-42/h5-13,24-25,29,35-36,40,44,59H,14-23,26-28H2,1-4H3,(H,49,61)(H,51,60)(H,52,53,55,56)/t35-,40+,44-/m1/s1. The van der Waals surface area contributed by atoms with E-state index in [4.69, 9.17) is 18.7 Å². The van der Waals surface area contributed by atoms with Gasteiger partial charge in [-0.25, -0.2) is 4.98 Å². The molecule has 4 N–H and O–H groups in total. The molecule has 0 spiro atoms. The fraction of sp³-hybridized carbons (Fsp3) is 0.458. The van der Waals surface area contributed by atoms with E-state index in [9.17, 15) is 19.5 Å². The van der Waals surface area contributed by atoms with Crippen molar-refractivity contribution in [2.24, 2.45) is 5.41 Å². The van der Waals surface area contributed by atoms with E-state index in [2.05, 4.69) is 46.3 Å². The number of fused-ring (bicyclic) bond motifs is 1. The van der Waals surface area contributed by atoms with Gasteiger partial charge < -0.3 is 44.3 Å². The summed E-state index contributed by atoms with van der Waals surface area (Å²) < 4.78 is 23.7. The highest BCUT2D eigenvalue weighted by atomic mass is 32.1. The lowest BCUT2D eigenvalue weighted by Gasteiger charge is -2.35. The molecule has 0 bridgehead atoms. The maximum absolute atomic E-state index is 14.0. The Kier molecular flexibility index (Phi) is 15.3. The first kappa shape index (κ1) is 47.4. The average Bonchev–Trinajstić information content (AvgIpc) is 4.16. The lowest BCUT2D eigenvalue weighted by molar-refractivity contribution is -0.144. The fourth-order valence-electron chi connectivity index (χ4n) is 8.42. The number of carbonyl (C=O) groups excluding carboxylic acids is 3. The third kappa shape index (κ3) is 12.1. The minimum Gasteiger partial charge on any atom is -0.490 e. The number of benzene rings is 3. The van der Waals surface area contributed by atoms with Crippen LogP contribution < -0.4 is 15.4 Å². The third-order valence-electron chi connectivity index (χ3n) is 12.1. The van der Waals surface area contributed by atoms with Gasteiger partial charge in [0.1, 0.15) is 29.5 Å². The van der Waals surface area contributed by atoms with E-state index in [0.29, 0.717) is 31.4 Å². The Labute approximate surface area is 392 Å². The van der Waals surface area contributed by atoms with E-state index in [0.717, 1.165) is 82.0 Å². The summed E-state index contributed by atoms with van der Waals surface area (Å²) in [4.78, 5) is 49.7. The van der Waals surface area contributed by atoms with E-state index in [1.54, 1.807) is 11.3 Å². The van der Waals surface area contributed by atoms with Gasteiger partial charge in [-0.2, -0.15) is 5.21 Å². The lowest BCUT2D eigenvalue weighted by atomic mass is 9.85. The highest BCUT2D eigenvalue weighted by Crippen LogP contribution is 2.34. The number of aliphatic hydroxyl groups excluding tert-OH is 1. The summed E-state index contributed by atoms with van der Waals surface area (Å²) >= 11 is 1.58. The molecule has 2 aliphatic rings. The first-order valence-corrected chi connectivity index (χ1v) is 23.6. The van der Waals surface area contributed by atoms with E-state index in [1.807, 2.05) is 99.9 Å². The maximum Gasteiger partial charge on any atom is 0.246 e. The summed E-state index contributed by atoms with van der Waals surface area (Å²) in [7, 11) is 0. The number of rotatable bonds is 19. The molecule has 3 amide bonds. The van der Waals surface area contributed by atoms with Crippen LogP contribution in [0.25, 0.3) is 44.1 Å². The van der Waals surface area contributed by atoms with Crippen LogP contribution in [0.2, 0.25) is 0 Å². The number of tetrazole rings is 1. The Hall–Kier alpha value is -6.12. The number of hydrogen-bond donors (Lipinski definition) is 4. The highest BCUT2D eigenvalue weighted by molar-refractivity contribution is 7.13. The van der Waals surface area contributed by atoms with Gasteiger partial charge >= 0.3 is 0 Å². The Bertz CT molecular complexity index is 2590. The van der Waals surface area contributed by atoms with Crippen molar-refractivity contribution in [3.05, 3.63) is 83.5 Å². The fourth-order valence-corrected chi connectivity index (χ4v) is 9.23. The van der Waals surface area contributed by atoms with Crippen molar-refractivity contribution in [3.8, 4) is 38.9 Å². The monoisotopic (exact) mass is 934 g/mol. The number of ether oxygens (including phenoxy) is 3. The van der Waals surface area contributed by atoms with Crippen LogP contribution in [0.1, 0.15) is 57.7 Å². The van der Waals surface area contributed by atoms with Crippen LogP contribution in [0.15, 0.2) is 76.8 Å². The van der Waals surface area contributed by atoms with Gasteiger partial charge in [-0.15, -0.1) is 21.5 Å². The first-order valence-electron chi connectivity index (χ1n) is 22.7. The molecule has 2 fully saturated rings. The summed E-state index contributed by atoms with van der Waals surface area (Å²) in [5.41, 5.74) is 6.49. The normalized spacial score (nSPS) is 17.5. The van der Waals surface area contributed by atoms with Crippen molar-refractivity contribution in [3.63, 3.8) is 0 Å². The number of β-amino-alcohol motifs (C(OH)–C–C–N with tert-alkyl or cyclic N) is 1. The Morgan fingerprint density at radius 3 is 2.48 bits per heavy atom. The molecular weight excluding hydrogens is 877 g/mol. The zero-order valence-electron chi connectivity index (χ0n) is 38.3. The second kappa shape index (κ2) is 21.7. The van der Waals surface area contributed by atoms with Crippen LogP contribution in [0.4, 0.5) is 0 Å². The number of carbonyl (C=O) groups is 3. The summed E-state index contributed by atoms with van der Waals surface area (Å²) in [6.07, 6.45) is 1.17. The number of nitrogens with zero attached hydrogens (tertiary/aromatic N) is 7. The predicted octanol–water partition coefficient (Wildman–Crippen LogP) is 5.18. The Morgan fingerprint density at radius 1 is 0.970 bits per heavy atom. The zero-order valence-corrected chi connectivity index (χ0v) is 39.1. The van der Waals surface area contributed by atoms with Crippen molar-refractivity contribution in [2.45, 2.75) is 84.2 Å². The van der Waals surface area contributed by atoms with Crippen LogP contribution in [-0.2, 0) is 30.4 Å². The van der Waals surface area contributed by atoms with E-state index in [-0.39, 0.29) is 50.5 Å². The second-order valence-electron chi connectivity index (χ2n) is 18.1. The second-order valence-corrected chi connectivity index (χ2v) is 18.9. The minimum atomic E-state index is -0.916. The molecule has 0 unspecified atom stereocenters. The van der Waals surface area contributed by atoms with Crippen molar-refractivity contribution in [1.82, 2.24) is 51.2 Å². The minimum absolute atomic E-state index is 0.00462. The Balaban J connectivity index is 0.708. The number of aromatic nitrogens is 6. The topological polar surface area (TPSA) is 223 Å². The van der Waals surface area contributed by atoms with E-state index < -0.39 is 29.5 Å². The van der Waals surface area contributed by atoms with Gasteiger partial charge in [-0.1, -0.05) is 62.3 Å². The number of nitrogens with one attached hydrogen (secondary N) is 3. The predicted molar refractivity (Wildman–Crippen MR) is 251 cm³/mol. The number of hydrogen-bond acceptors (Lipinski definition) is 15. The SMILES string of the molecule is Cc1ncsc1-c1ccc(CNC(=O)[C@@H]2C[C@@H](O)CN2C(=O)[C@@H](NC(=O)CCOCCOCCN2CCC(Oc3cccc(-c4onc5ccc(-c6nn[nH]n6)cc45)c3)CC2)C(C)(C)C)cc1. The van der Waals surface area contributed by atoms with Gasteiger partial charge in [-0.3, -0.25) is 14.4 Å². The number of H-pyrrole nitrogens is 1. The van der Waals surface area contributed by atoms with Crippen LogP contribution in [0.3, 0.4) is 0 Å². The largest absolute Gasteiger partial charge is 0.490 e. The first-order chi connectivity index (χ1) is 32.4. The molecule has 2 saturated heterocycles. The molecule has 6 aromatic rings. The Morgan fingerprint density at radius 2 is 1.75 bits per heavy atom. The molecule has 0 saturated carbocycles. The van der Waals surface area contributed by atoms with Gasteiger partial charge in [0.2, 0.25) is 23.5 Å². The van der Waals surface area contributed by atoms with Crippen molar-refractivity contribution >= 4 is 40.0 Å². The smallest absolute Gasteiger partial charge is 0.246 e. The quantitative estimate of drug-likeness (QED) is 0.0769. The van der Waals surface area contributed by atoms with E-state index >= 15 is 0 Å². The molecule has 8 rings (SSSR count). The number of aliphatic hydroxyl groups is 1. The van der Waals surface area contributed by atoms with Gasteiger partial charge in [-0.05, 0) is 71.9 Å². The molecule has 18 nitrogen and oxygen atoms in total. The van der Waals surface area contributed by atoms with E-state index in [1.165, 1.54) is 4.90 Å². The zero-order chi connectivity index (χ0) is 46.9. The number of piperidine rings is 1. The van der Waals surface area contributed by atoms with Crippen LogP contribution in [0, 0.1) is 12.3 Å². The number of aryl methyl sites for hydroxylation is 1. The van der Waals surface area contributed by atoms with Crippen molar-refractivity contribution in [2.75, 3.05) is 52.6 Å². The molecule has 0 aliphatic carbocycles. The molecule has 5 heterocycles. The molecule has 3 atom stereocenters. The molecule has 3 aromatic heterocycles. The molecule has 354 valence electrons. The molecule has 0 radical (unpaired) electrons.